The molecule has 1 aliphatic heterocycles. The van der Waals surface area contributed by atoms with E-state index in [2.05, 4.69) is 10.6 Å². The maximum atomic E-state index is 12.2. The van der Waals surface area contributed by atoms with E-state index in [4.69, 9.17) is 21.7 Å². The number of amides is 2. The number of benzene rings is 2. The molecule has 0 radical (unpaired) electrons. The Labute approximate surface area is 165 Å². The molecule has 3 rings (SSSR count). The van der Waals surface area contributed by atoms with Crippen LogP contribution in [0.25, 0.3) is 6.08 Å². The van der Waals surface area contributed by atoms with Gasteiger partial charge in [0.15, 0.2) is 6.61 Å². The van der Waals surface area contributed by atoms with Crippen LogP contribution < -0.4 is 20.1 Å². The van der Waals surface area contributed by atoms with Crippen molar-refractivity contribution in [2.45, 2.75) is 0 Å². The van der Waals surface area contributed by atoms with Gasteiger partial charge in [0, 0.05) is 5.56 Å². The molecule has 2 aromatic carbocycles. The summed E-state index contributed by atoms with van der Waals surface area (Å²) >= 11 is 6.18. The molecule has 6 nitrogen and oxygen atoms in total. The minimum atomic E-state index is -0.323. The quantitative estimate of drug-likeness (QED) is 0.573. The topological polar surface area (TPSA) is 76.7 Å². The van der Waals surface area contributed by atoms with Crippen molar-refractivity contribution in [2.24, 2.45) is 0 Å². The van der Waals surface area contributed by atoms with Crippen LogP contribution in [0.4, 0.5) is 5.69 Å². The Bertz CT molecular complexity index is 927. The standard InChI is InChI=1S/C19H16N2O4S2/c1-24-15-9-5-3-7-13(15)20-17(22)11-25-14-8-4-2-6-12(14)10-16-18(23)21-19(26)27-16/h2-10H,11H2,1H3,(H,20,22)(H,21,23,26)/b16-10-. The van der Waals surface area contributed by atoms with Gasteiger partial charge in [-0.3, -0.25) is 9.59 Å². The average molecular weight is 400 g/mol. The van der Waals surface area contributed by atoms with Gasteiger partial charge in [-0.25, -0.2) is 0 Å². The number of nitrogens with one attached hydrogen (secondary N) is 2. The van der Waals surface area contributed by atoms with Gasteiger partial charge in [0.05, 0.1) is 17.7 Å². The van der Waals surface area contributed by atoms with E-state index in [0.717, 1.165) is 0 Å². The molecular formula is C19H16N2O4S2. The molecule has 0 bridgehead atoms. The lowest BCUT2D eigenvalue weighted by Crippen LogP contribution is -2.20. The first-order chi connectivity index (χ1) is 13.1. The summed E-state index contributed by atoms with van der Waals surface area (Å²) < 4.78 is 11.3. The van der Waals surface area contributed by atoms with Crippen LogP contribution in [0.5, 0.6) is 11.5 Å². The van der Waals surface area contributed by atoms with Crippen molar-refractivity contribution in [1.29, 1.82) is 0 Å². The molecule has 0 saturated carbocycles. The Hall–Kier alpha value is -2.84. The summed E-state index contributed by atoms with van der Waals surface area (Å²) in [6, 6.07) is 14.3. The minimum Gasteiger partial charge on any atom is -0.495 e. The van der Waals surface area contributed by atoms with E-state index < -0.39 is 0 Å². The number of hydrogen-bond donors (Lipinski definition) is 2. The summed E-state index contributed by atoms with van der Waals surface area (Å²) in [7, 11) is 1.54. The number of anilines is 1. The zero-order valence-electron chi connectivity index (χ0n) is 14.4. The van der Waals surface area contributed by atoms with Crippen LogP contribution in [0, 0.1) is 0 Å². The van der Waals surface area contributed by atoms with E-state index >= 15 is 0 Å². The zero-order valence-corrected chi connectivity index (χ0v) is 16.0. The van der Waals surface area contributed by atoms with Crippen LogP contribution in [0.3, 0.4) is 0 Å². The van der Waals surface area contributed by atoms with Gasteiger partial charge in [0.25, 0.3) is 11.8 Å². The lowest BCUT2D eigenvalue weighted by Gasteiger charge is -2.12. The highest BCUT2D eigenvalue weighted by atomic mass is 32.2. The normalized spacial score (nSPS) is 14.8. The number of para-hydroxylation sites is 3. The summed E-state index contributed by atoms with van der Waals surface area (Å²) in [6.45, 7) is -0.185. The molecule has 2 aromatic rings. The van der Waals surface area contributed by atoms with Crippen molar-refractivity contribution in [3.63, 3.8) is 0 Å². The predicted molar refractivity (Wildman–Crippen MR) is 110 cm³/mol. The summed E-state index contributed by atoms with van der Waals surface area (Å²) in [5.41, 5.74) is 1.25. The highest BCUT2D eigenvalue weighted by molar-refractivity contribution is 8.26. The third kappa shape index (κ3) is 4.87. The van der Waals surface area contributed by atoms with E-state index in [1.54, 1.807) is 42.5 Å². The molecule has 2 amide bonds. The van der Waals surface area contributed by atoms with Gasteiger partial charge in [0.1, 0.15) is 15.8 Å². The van der Waals surface area contributed by atoms with Crippen molar-refractivity contribution >= 4 is 51.9 Å². The van der Waals surface area contributed by atoms with Gasteiger partial charge >= 0.3 is 0 Å². The average Bonchev–Trinajstić information content (AvgIpc) is 2.98. The molecule has 0 aliphatic carbocycles. The first-order valence-corrected chi connectivity index (χ1v) is 9.19. The van der Waals surface area contributed by atoms with Crippen molar-refractivity contribution in [3.05, 3.63) is 59.0 Å². The molecule has 2 N–H and O–H groups in total. The molecule has 8 heteroatoms. The zero-order chi connectivity index (χ0) is 19.2. The van der Waals surface area contributed by atoms with Gasteiger partial charge in [0.2, 0.25) is 0 Å². The third-order valence-electron chi connectivity index (χ3n) is 3.59. The van der Waals surface area contributed by atoms with Gasteiger partial charge in [-0.2, -0.15) is 0 Å². The fraction of sp³-hybridized carbons (Fsp3) is 0.105. The molecule has 0 aromatic heterocycles. The van der Waals surface area contributed by atoms with Crippen LogP contribution in [0.15, 0.2) is 53.4 Å². The van der Waals surface area contributed by atoms with Crippen molar-refractivity contribution < 1.29 is 19.1 Å². The molecule has 1 aliphatic rings. The summed E-state index contributed by atoms with van der Waals surface area (Å²) in [6.07, 6.45) is 1.69. The Kier molecular flexibility index (Phi) is 6.10. The van der Waals surface area contributed by atoms with Crippen LogP contribution in [0.1, 0.15) is 5.56 Å². The van der Waals surface area contributed by atoms with Gasteiger partial charge in [-0.05, 0) is 24.3 Å². The second kappa shape index (κ2) is 8.70. The molecule has 27 heavy (non-hydrogen) atoms. The van der Waals surface area contributed by atoms with Crippen LogP contribution in [0.2, 0.25) is 0 Å². The summed E-state index contributed by atoms with van der Waals surface area (Å²) in [4.78, 5) is 24.5. The lowest BCUT2D eigenvalue weighted by molar-refractivity contribution is -0.118. The summed E-state index contributed by atoms with van der Waals surface area (Å²) in [5.74, 6) is 0.493. The van der Waals surface area contributed by atoms with Gasteiger partial charge < -0.3 is 20.1 Å². The highest BCUT2D eigenvalue weighted by Gasteiger charge is 2.22. The number of hydrogen-bond acceptors (Lipinski definition) is 6. The maximum Gasteiger partial charge on any atom is 0.263 e. The van der Waals surface area contributed by atoms with Crippen LogP contribution >= 0.6 is 24.0 Å². The fourth-order valence-corrected chi connectivity index (χ4v) is 3.41. The number of methoxy groups -OCH3 is 1. The Morgan fingerprint density at radius 1 is 1.19 bits per heavy atom. The molecule has 0 atom stereocenters. The highest BCUT2D eigenvalue weighted by Crippen LogP contribution is 2.29. The Balaban J connectivity index is 1.68. The first-order valence-electron chi connectivity index (χ1n) is 7.96. The van der Waals surface area contributed by atoms with Crippen LogP contribution in [-0.4, -0.2) is 29.9 Å². The molecule has 0 spiro atoms. The predicted octanol–water partition coefficient (Wildman–Crippen LogP) is 3.20. The van der Waals surface area contributed by atoms with Gasteiger partial charge in [-0.1, -0.05) is 54.3 Å². The number of ether oxygens (including phenoxy) is 2. The number of carbonyl (C=O) groups is 2. The van der Waals surface area contributed by atoms with Crippen molar-refractivity contribution in [3.8, 4) is 11.5 Å². The number of rotatable bonds is 6. The fourth-order valence-electron chi connectivity index (χ4n) is 2.37. The molecule has 1 saturated heterocycles. The Morgan fingerprint density at radius 3 is 2.59 bits per heavy atom. The lowest BCUT2D eigenvalue weighted by atomic mass is 10.2. The third-order valence-corrected chi connectivity index (χ3v) is 4.75. The Morgan fingerprint density at radius 2 is 1.89 bits per heavy atom. The van der Waals surface area contributed by atoms with E-state index in [-0.39, 0.29) is 18.4 Å². The van der Waals surface area contributed by atoms with Crippen LogP contribution in [-0.2, 0) is 9.59 Å². The minimum absolute atomic E-state index is 0.185. The molecule has 138 valence electrons. The van der Waals surface area contributed by atoms with E-state index in [1.165, 1.54) is 18.9 Å². The molecule has 1 heterocycles. The number of carbonyl (C=O) groups excluding carboxylic acids is 2. The van der Waals surface area contributed by atoms with E-state index in [1.807, 2.05) is 12.1 Å². The van der Waals surface area contributed by atoms with Gasteiger partial charge in [-0.15, -0.1) is 0 Å². The second-order valence-electron chi connectivity index (χ2n) is 5.43. The molecular weight excluding hydrogens is 384 g/mol. The maximum absolute atomic E-state index is 12.2. The van der Waals surface area contributed by atoms with Crippen molar-refractivity contribution in [1.82, 2.24) is 5.32 Å². The second-order valence-corrected chi connectivity index (χ2v) is 7.15. The van der Waals surface area contributed by atoms with Crippen molar-refractivity contribution in [2.75, 3.05) is 19.0 Å². The van der Waals surface area contributed by atoms with E-state index in [9.17, 15) is 9.59 Å². The SMILES string of the molecule is COc1ccccc1NC(=O)COc1ccccc1/C=C1\SC(=S)NC1=O. The monoisotopic (exact) mass is 400 g/mol. The summed E-state index contributed by atoms with van der Waals surface area (Å²) in [5, 5.41) is 5.31. The van der Waals surface area contributed by atoms with E-state index in [0.29, 0.717) is 32.0 Å². The number of thiocarbonyl (C=S) groups is 1. The molecule has 1 fully saturated rings. The first kappa shape index (κ1) is 18.9. The molecule has 0 unspecified atom stereocenters. The smallest absolute Gasteiger partial charge is 0.263 e. The number of thioether (sulfide) groups is 1. The largest absolute Gasteiger partial charge is 0.495 e.